The van der Waals surface area contributed by atoms with Crippen molar-refractivity contribution in [2.24, 2.45) is 0 Å². The Morgan fingerprint density at radius 2 is 2.15 bits per heavy atom. The molecule has 0 aliphatic carbocycles. The normalized spacial score (nSPS) is 10.2. The lowest BCUT2D eigenvalue weighted by molar-refractivity contribution is 0.974. The Labute approximate surface area is 82.8 Å². The second-order valence-electron chi connectivity index (χ2n) is 2.40. The lowest BCUT2D eigenvalue weighted by atomic mass is 10.5. The van der Waals surface area contributed by atoms with Crippen molar-refractivity contribution in [1.29, 1.82) is 0 Å². The lowest BCUT2D eigenvalue weighted by Gasteiger charge is -1.99. The summed E-state index contributed by atoms with van der Waals surface area (Å²) < 4.78 is 2.51. The number of hydrogen-bond donors (Lipinski definition) is 1. The van der Waals surface area contributed by atoms with E-state index in [9.17, 15) is 0 Å². The van der Waals surface area contributed by atoms with Crippen LogP contribution in [0, 0.1) is 0 Å². The molecule has 0 saturated heterocycles. The fraction of sp³-hybridized carbons (Fsp3) is 0. The van der Waals surface area contributed by atoms with Gasteiger partial charge < -0.3 is 5.73 Å². The molecule has 0 saturated carbocycles. The first-order valence-electron chi connectivity index (χ1n) is 3.53. The second kappa shape index (κ2) is 3.14. The Balaban J connectivity index is 2.46. The van der Waals surface area contributed by atoms with Crippen molar-refractivity contribution >= 4 is 21.7 Å². The highest BCUT2D eigenvalue weighted by Crippen LogP contribution is 2.10. The van der Waals surface area contributed by atoms with Gasteiger partial charge in [0.15, 0.2) is 0 Å². The first-order valence-corrected chi connectivity index (χ1v) is 4.32. The minimum absolute atomic E-state index is 0.440. The van der Waals surface area contributed by atoms with Crippen molar-refractivity contribution in [2.45, 2.75) is 0 Å². The predicted molar refractivity (Wildman–Crippen MR) is 51.3 cm³/mol. The molecule has 2 heterocycles. The third-order valence-corrected chi connectivity index (χ3v) is 1.90. The molecular formula is C7H6BrN5. The molecule has 5 nitrogen and oxygen atoms in total. The molecule has 2 rings (SSSR count). The van der Waals surface area contributed by atoms with Gasteiger partial charge in [0, 0.05) is 12.3 Å². The Morgan fingerprint density at radius 3 is 2.77 bits per heavy atom. The molecule has 66 valence electrons. The molecule has 0 fully saturated rings. The molecule has 0 amide bonds. The van der Waals surface area contributed by atoms with E-state index in [1.807, 2.05) is 0 Å². The van der Waals surface area contributed by atoms with Gasteiger partial charge in [0.1, 0.15) is 28.9 Å². The first kappa shape index (κ1) is 8.18. The zero-order chi connectivity index (χ0) is 9.26. The maximum absolute atomic E-state index is 5.51. The summed E-state index contributed by atoms with van der Waals surface area (Å²) in [5.74, 6) is 1.14. The minimum Gasteiger partial charge on any atom is -0.384 e. The molecule has 0 aromatic carbocycles. The number of imidazole rings is 1. The molecular weight excluding hydrogens is 234 g/mol. The molecule has 0 radical (unpaired) electrons. The van der Waals surface area contributed by atoms with Gasteiger partial charge in [-0.2, -0.15) is 0 Å². The Morgan fingerprint density at radius 1 is 1.31 bits per heavy atom. The number of nitrogens with two attached hydrogens (primary N) is 1. The van der Waals surface area contributed by atoms with E-state index in [1.165, 1.54) is 6.33 Å². The zero-order valence-corrected chi connectivity index (χ0v) is 8.14. The van der Waals surface area contributed by atoms with E-state index in [0.717, 1.165) is 4.60 Å². The van der Waals surface area contributed by atoms with Crippen LogP contribution in [-0.2, 0) is 0 Å². The van der Waals surface area contributed by atoms with Crippen LogP contribution < -0.4 is 5.73 Å². The van der Waals surface area contributed by atoms with Crippen LogP contribution in [0.4, 0.5) is 5.82 Å². The number of anilines is 1. The van der Waals surface area contributed by atoms with Crippen molar-refractivity contribution in [3.63, 3.8) is 0 Å². The van der Waals surface area contributed by atoms with E-state index in [-0.39, 0.29) is 0 Å². The number of hydrogen-bond acceptors (Lipinski definition) is 4. The van der Waals surface area contributed by atoms with Crippen LogP contribution in [0.3, 0.4) is 0 Å². The molecule has 0 unspecified atom stereocenters. The summed E-state index contributed by atoms with van der Waals surface area (Å²) in [6.45, 7) is 0. The van der Waals surface area contributed by atoms with Crippen LogP contribution in [0.1, 0.15) is 0 Å². The van der Waals surface area contributed by atoms with E-state index in [0.29, 0.717) is 11.6 Å². The highest BCUT2D eigenvalue weighted by molar-refractivity contribution is 9.10. The number of nitrogen functional groups attached to an aromatic ring is 1. The summed E-state index contributed by atoms with van der Waals surface area (Å²) in [5.41, 5.74) is 5.51. The van der Waals surface area contributed by atoms with Crippen LogP contribution in [0.15, 0.2) is 29.5 Å². The topological polar surface area (TPSA) is 69.6 Å². The van der Waals surface area contributed by atoms with Gasteiger partial charge in [0.2, 0.25) is 0 Å². The second-order valence-corrected chi connectivity index (χ2v) is 3.22. The number of aromatic nitrogens is 4. The molecule has 0 aliphatic rings. The van der Waals surface area contributed by atoms with Crippen LogP contribution in [0.5, 0.6) is 0 Å². The molecule has 2 N–H and O–H groups in total. The monoisotopic (exact) mass is 239 g/mol. The van der Waals surface area contributed by atoms with Crippen LogP contribution in [-0.4, -0.2) is 19.5 Å². The molecule has 2 aromatic heterocycles. The van der Waals surface area contributed by atoms with Crippen LogP contribution in [0.2, 0.25) is 0 Å². The minimum atomic E-state index is 0.440. The lowest BCUT2D eigenvalue weighted by Crippen LogP contribution is -1.98. The molecule has 2 aromatic rings. The summed E-state index contributed by atoms with van der Waals surface area (Å²) in [6, 6.07) is 1.67. The van der Waals surface area contributed by atoms with Crippen LogP contribution >= 0.6 is 15.9 Å². The maximum Gasteiger partial charge on any atom is 0.143 e. The van der Waals surface area contributed by atoms with Gasteiger partial charge in [-0.15, -0.1) is 0 Å². The van der Waals surface area contributed by atoms with Gasteiger partial charge in [-0.25, -0.2) is 15.0 Å². The van der Waals surface area contributed by atoms with Gasteiger partial charge >= 0.3 is 0 Å². The third-order valence-electron chi connectivity index (χ3n) is 1.49. The van der Waals surface area contributed by atoms with Gasteiger partial charge in [-0.1, -0.05) is 0 Å². The molecule has 6 heteroatoms. The largest absolute Gasteiger partial charge is 0.384 e. The van der Waals surface area contributed by atoms with E-state index in [4.69, 9.17) is 5.73 Å². The SMILES string of the molecule is Nc1cc(-n2cnc(Br)c2)ncn1. The zero-order valence-electron chi connectivity index (χ0n) is 6.55. The predicted octanol–water partition coefficient (Wildman–Crippen LogP) is 1.01. The quantitative estimate of drug-likeness (QED) is 0.807. The number of nitrogens with zero attached hydrogens (tertiary/aromatic N) is 4. The Hall–Kier alpha value is -1.43. The number of halogens is 1. The summed E-state index contributed by atoms with van der Waals surface area (Å²) in [7, 11) is 0. The average molecular weight is 240 g/mol. The fourth-order valence-corrected chi connectivity index (χ4v) is 1.24. The molecule has 0 aliphatic heterocycles. The average Bonchev–Trinajstić information content (AvgIpc) is 2.52. The van der Waals surface area contributed by atoms with Gasteiger partial charge in [-0.05, 0) is 15.9 Å². The highest BCUT2D eigenvalue weighted by Gasteiger charge is 1.99. The summed E-state index contributed by atoms with van der Waals surface area (Å²) in [4.78, 5) is 11.8. The van der Waals surface area contributed by atoms with E-state index >= 15 is 0 Å². The highest BCUT2D eigenvalue weighted by atomic mass is 79.9. The van der Waals surface area contributed by atoms with Crippen molar-refractivity contribution in [2.75, 3.05) is 5.73 Å². The van der Waals surface area contributed by atoms with E-state index in [1.54, 1.807) is 23.2 Å². The Bertz CT molecular complexity index is 424. The molecule has 0 spiro atoms. The number of rotatable bonds is 1. The smallest absolute Gasteiger partial charge is 0.143 e. The Kier molecular flexibility index (Phi) is 1.97. The fourth-order valence-electron chi connectivity index (χ4n) is 0.927. The van der Waals surface area contributed by atoms with Gasteiger partial charge in [0.25, 0.3) is 0 Å². The first-order chi connectivity index (χ1) is 6.25. The van der Waals surface area contributed by atoms with Crippen molar-refractivity contribution in [1.82, 2.24) is 19.5 Å². The van der Waals surface area contributed by atoms with E-state index < -0.39 is 0 Å². The third kappa shape index (κ3) is 1.67. The van der Waals surface area contributed by atoms with Crippen molar-refractivity contribution < 1.29 is 0 Å². The molecule has 0 atom stereocenters. The van der Waals surface area contributed by atoms with Crippen LogP contribution in [0.25, 0.3) is 5.82 Å². The van der Waals surface area contributed by atoms with Gasteiger partial charge in [0.05, 0.1) is 0 Å². The maximum atomic E-state index is 5.51. The standard InChI is InChI=1S/C7H6BrN5/c8-5-2-13(4-12-5)7-1-6(9)10-3-11-7/h1-4H,(H2,9,10,11). The van der Waals surface area contributed by atoms with E-state index in [2.05, 4.69) is 30.9 Å². The summed E-state index contributed by atoms with van der Waals surface area (Å²) >= 11 is 3.24. The molecule has 13 heavy (non-hydrogen) atoms. The summed E-state index contributed by atoms with van der Waals surface area (Å²) in [5, 5.41) is 0. The van der Waals surface area contributed by atoms with Crippen molar-refractivity contribution in [3.8, 4) is 5.82 Å². The molecule has 0 bridgehead atoms. The summed E-state index contributed by atoms with van der Waals surface area (Å²) in [6.07, 6.45) is 4.85. The van der Waals surface area contributed by atoms with Gasteiger partial charge in [-0.3, -0.25) is 4.57 Å². The van der Waals surface area contributed by atoms with Crippen molar-refractivity contribution in [3.05, 3.63) is 29.5 Å².